The molecule has 0 saturated carbocycles. The van der Waals surface area contributed by atoms with Crippen LogP contribution >= 0.6 is 21.2 Å². The molecular formula is C6H7F2IN2O3S. The Morgan fingerprint density at radius 3 is 2.00 bits per heavy atom. The molecule has 1 aromatic rings. The fourth-order valence-electron chi connectivity index (χ4n) is 0.533. The van der Waals surface area contributed by atoms with Gasteiger partial charge in [0, 0.05) is 6.07 Å². The van der Waals surface area contributed by atoms with Crippen molar-refractivity contribution in [2.45, 2.75) is 0 Å². The second-order valence-corrected chi connectivity index (χ2v) is 5.01. The first kappa shape index (κ1) is 14.5. The maximum Gasteiger partial charge on any atom is 0.271 e. The zero-order valence-corrected chi connectivity index (χ0v) is 10.1. The van der Waals surface area contributed by atoms with Crippen LogP contribution in [0.3, 0.4) is 0 Å². The normalized spacial score (nSPS) is 10.4. The van der Waals surface area contributed by atoms with Gasteiger partial charge < -0.3 is 0 Å². The Morgan fingerprint density at radius 1 is 1.20 bits per heavy atom. The fourth-order valence-corrected chi connectivity index (χ4v) is 1.23. The Kier molecular flexibility index (Phi) is 5.93. The molecule has 86 valence electrons. The molecular weight excluding hydrogens is 345 g/mol. The van der Waals surface area contributed by atoms with E-state index in [1.54, 1.807) is 0 Å². The SMILES string of the molecule is NS(N)(=O)=O.O=Ic1ccc(F)cc1F. The average Bonchev–Trinajstić information content (AvgIpc) is 2.01. The molecule has 0 amide bonds. The van der Waals surface area contributed by atoms with Gasteiger partial charge in [0.15, 0.2) is 21.2 Å². The molecule has 0 radical (unpaired) electrons. The summed E-state index contributed by atoms with van der Waals surface area (Å²) in [7, 11) is -3.67. The number of benzene rings is 1. The molecule has 0 aromatic heterocycles. The summed E-state index contributed by atoms with van der Waals surface area (Å²) in [5.74, 6) is -1.36. The van der Waals surface area contributed by atoms with Gasteiger partial charge in [0.2, 0.25) is 0 Å². The van der Waals surface area contributed by atoms with Gasteiger partial charge in [-0.15, -0.1) is 0 Å². The van der Waals surface area contributed by atoms with Crippen molar-refractivity contribution in [1.82, 2.24) is 0 Å². The van der Waals surface area contributed by atoms with Crippen molar-refractivity contribution in [3.63, 3.8) is 0 Å². The van der Waals surface area contributed by atoms with E-state index >= 15 is 0 Å². The first-order chi connectivity index (χ1) is 6.74. The lowest BCUT2D eigenvalue weighted by Crippen LogP contribution is -2.21. The van der Waals surface area contributed by atoms with Crippen LogP contribution in [-0.2, 0) is 13.3 Å². The van der Waals surface area contributed by atoms with Crippen LogP contribution in [0.4, 0.5) is 8.78 Å². The van der Waals surface area contributed by atoms with Crippen molar-refractivity contribution in [3.05, 3.63) is 33.4 Å². The van der Waals surface area contributed by atoms with E-state index < -0.39 is 43.0 Å². The Bertz CT molecular complexity index is 444. The first-order valence-electron chi connectivity index (χ1n) is 3.26. The lowest BCUT2D eigenvalue weighted by Gasteiger charge is -1.90. The number of halogens is 3. The largest absolute Gasteiger partial charge is 0.271 e. The highest BCUT2D eigenvalue weighted by Crippen LogP contribution is 2.14. The minimum Gasteiger partial charge on any atom is -0.265 e. The molecule has 0 aliphatic carbocycles. The molecule has 0 aliphatic rings. The van der Waals surface area contributed by atoms with Gasteiger partial charge in [-0.1, -0.05) is 0 Å². The Balaban J connectivity index is 0.000000336. The molecule has 0 aliphatic heterocycles. The summed E-state index contributed by atoms with van der Waals surface area (Å²) in [4.78, 5) is 0. The predicted octanol–water partition coefficient (Wildman–Crippen LogP) is 0.599. The molecule has 0 spiro atoms. The monoisotopic (exact) mass is 352 g/mol. The third kappa shape index (κ3) is 8.47. The average molecular weight is 352 g/mol. The van der Waals surface area contributed by atoms with E-state index in [2.05, 4.69) is 10.3 Å². The van der Waals surface area contributed by atoms with Crippen LogP contribution in [0.2, 0.25) is 0 Å². The van der Waals surface area contributed by atoms with Crippen LogP contribution in [0.15, 0.2) is 18.2 Å². The smallest absolute Gasteiger partial charge is 0.265 e. The van der Waals surface area contributed by atoms with E-state index in [0.717, 1.165) is 12.1 Å². The highest BCUT2D eigenvalue weighted by Gasteiger charge is 2.01. The topological polar surface area (TPSA) is 103 Å². The lowest BCUT2D eigenvalue weighted by molar-refractivity contribution is 0.578. The third-order valence-electron chi connectivity index (χ3n) is 0.965. The number of hydrogen-bond donors (Lipinski definition) is 2. The molecule has 5 nitrogen and oxygen atoms in total. The molecule has 1 rings (SSSR count). The van der Waals surface area contributed by atoms with E-state index in [1.807, 2.05) is 0 Å². The van der Waals surface area contributed by atoms with Crippen molar-refractivity contribution in [1.29, 1.82) is 0 Å². The molecule has 15 heavy (non-hydrogen) atoms. The molecule has 0 unspecified atom stereocenters. The molecule has 0 saturated heterocycles. The fraction of sp³-hybridized carbons (Fsp3) is 0. The van der Waals surface area contributed by atoms with Gasteiger partial charge in [-0.2, -0.15) is 8.42 Å². The van der Waals surface area contributed by atoms with Crippen LogP contribution in [0.1, 0.15) is 0 Å². The summed E-state index contributed by atoms with van der Waals surface area (Å²) in [6, 6.07) is 3.02. The van der Waals surface area contributed by atoms with Crippen molar-refractivity contribution < 1.29 is 20.3 Å². The lowest BCUT2D eigenvalue weighted by atomic mass is 10.3. The zero-order chi connectivity index (χ0) is 12.1. The molecule has 0 heterocycles. The van der Waals surface area contributed by atoms with Gasteiger partial charge in [-0.25, -0.2) is 19.1 Å². The number of hydrogen-bond acceptors (Lipinski definition) is 3. The quantitative estimate of drug-likeness (QED) is 0.571. The minimum absolute atomic E-state index is 0.111. The van der Waals surface area contributed by atoms with E-state index in [-0.39, 0.29) is 3.57 Å². The van der Waals surface area contributed by atoms with Crippen molar-refractivity contribution in [2.75, 3.05) is 0 Å². The summed E-state index contributed by atoms with van der Waals surface area (Å²) in [5, 5.41) is 8.21. The van der Waals surface area contributed by atoms with E-state index in [4.69, 9.17) is 0 Å². The first-order valence-corrected chi connectivity index (χ1v) is 6.83. The minimum atomic E-state index is -3.67. The Hall–Kier alpha value is -0.520. The zero-order valence-electron chi connectivity index (χ0n) is 7.15. The molecule has 0 bridgehead atoms. The van der Waals surface area contributed by atoms with Crippen LogP contribution < -0.4 is 10.3 Å². The highest BCUT2D eigenvalue weighted by molar-refractivity contribution is 14.1. The van der Waals surface area contributed by atoms with Gasteiger partial charge in [-0.05, 0) is 12.1 Å². The second kappa shape index (κ2) is 6.15. The summed E-state index contributed by atoms with van der Waals surface area (Å²) in [6.45, 7) is 0. The molecule has 9 heteroatoms. The van der Waals surface area contributed by atoms with Crippen LogP contribution in [0.5, 0.6) is 0 Å². The van der Waals surface area contributed by atoms with E-state index in [1.165, 1.54) is 6.07 Å². The predicted molar refractivity (Wildman–Crippen MR) is 57.1 cm³/mol. The van der Waals surface area contributed by atoms with Crippen molar-refractivity contribution >= 4 is 31.4 Å². The summed E-state index contributed by atoms with van der Waals surface area (Å²) < 4.78 is 53.3. The van der Waals surface area contributed by atoms with Gasteiger partial charge in [0.1, 0.15) is 11.6 Å². The van der Waals surface area contributed by atoms with Gasteiger partial charge in [0.05, 0.1) is 3.57 Å². The standard InChI is InChI=1S/C6H3F2IO.H4N2O2S/c7-4-1-2-6(9-10)5(8)3-4;1-5(2,3)4/h1-3H;(H4,1,2,3,4). The van der Waals surface area contributed by atoms with Gasteiger partial charge >= 0.3 is 0 Å². The van der Waals surface area contributed by atoms with E-state index in [0.29, 0.717) is 0 Å². The maximum absolute atomic E-state index is 12.4. The van der Waals surface area contributed by atoms with Crippen molar-refractivity contribution in [3.8, 4) is 0 Å². The van der Waals surface area contributed by atoms with E-state index in [9.17, 15) is 20.3 Å². The van der Waals surface area contributed by atoms with Gasteiger partial charge in [-0.3, -0.25) is 3.07 Å². The summed E-state index contributed by atoms with van der Waals surface area (Å²) in [5.41, 5.74) is 0. The summed E-state index contributed by atoms with van der Waals surface area (Å²) in [6.07, 6.45) is 0. The van der Waals surface area contributed by atoms with Crippen LogP contribution in [0, 0.1) is 15.2 Å². The second-order valence-electron chi connectivity index (χ2n) is 2.22. The van der Waals surface area contributed by atoms with Crippen LogP contribution in [-0.4, -0.2) is 8.42 Å². The molecule has 1 aromatic carbocycles. The third-order valence-corrected chi connectivity index (χ3v) is 2.31. The molecule has 0 fully saturated rings. The molecule has 4 N–H and O–H groups in total. The Labute approximate surface area is 95.3 Å². The number of rotatable bonds is 1. The highest BCUT2D eigenvalue weighted by atomic mass is 127. The molecule has 0 atom stereocenters. The maximum atomic E-state index is 12.4. The number of nitrogens with two attached hydrogens (primary N) is 2. The Morgan fingerprint density at radius 2 is 1.67 bits per heavy atom. The van der Waals surface area contributed by atoms with Crippen molar-refractivity contribution in [2.24, 2.45) is 10.3 Å². The summed E-state index contributed by atoms with van der Waals surface area (Å²) >= 11 is -1.52. The van der Waals surface area contributed by atoms with Crippen LogP contribution in [0.25, 0.3) is 0 Å². The van der Waals surface area contributed by atoms with Gasteiger partial charge in [0.25, 0.3) is 10.2 Å².